The summed E-state index contributed by atoms with van der Waals surface area (Å²) in [5.74, 6) is 0. The van der Waals surface area contributed by atoms with Gasteiger partial charge in [0.15, 0.2) is 0 Å². The molecule has 0 saturated carbocycles. The lowest BCUT2D eigenvalue weighted by Crippen LogP contribution is -1.84. The molecule has 1 aromatic carbocycles. The molecule has 0 aliphatic rings. The molecule has 0 unspecified atom stereocenters. The molecule has 1 heterocycles. The van der Waals surface area contributed by atoms with Crippen LogP contribution in [0.5, 0.6) is 0 Å². The first-order valence-corrected chi connectivity index (χ1v) is 6.36. The van der Waals surface area contributed by atoms with Crippen molar-refractivity contribution in [1.82, 2.24) is 0 Å². The van der Waals surface area contributed by atoms with Gasteiger partial charge in [-0.05, 0) is 54.1 Å². The average molecular weight is 208 g/mol. The van der Waals surface area contributed by atoms with Crippen LogP contribution in [0.15, 0.2) is 22.4 Å². The Balaban J connectivity index is 2.85. The smallest absolute Gasteiger partial charge is 0.0383 e. The molecular formula is C11H12S2. The standard InChI is InChI=1S/C11H12S2/c1-7-6-9-4-5-13-11(9)8(2)10(7)12-3/h4-6H,1-3H3. The van der Waals surface area contributed by atoms with Crippen LogP contribution in [-0.4, -0.2) is 6.26 Å². The predicted octanol–water partition coefficient (Wildman–Crippen LogP) is 4.24. The molecule has 0 aliphatic heterocycles. The van der Waals surface area contributed by atoms with Gasteiger partial charge in [-0.1, -0.05) is 0 Å². The maximum absolute atomic E-state index is 2.28. The van der Waals surface area contributed by atoms with E-state index < -0.39 is 0 Å². The van der Waals surface area contributed by atoms with Crippen LogP contribution >= 0.6 is 23.1 Å². The number of thiophene rings is 1. The fourth-order valence-corrected chi connectivity index (χ4v) is 3.50. The fourth-order valence-electron chi connectivity index (χ4n) is 1.75. The summed E-state index contributed by atoms with van der Waals surface area (Å²) >= 11 is 3.69. The number of benzene rings is 1. The van der Waals surface area contributed by atoms with E-state index in [4.69, 9.17) is 0 Å². The van der Waals surface area contributed by atoms with Crippen molar-refractivity contribution in [1.29, 1.82) is 0 Å². The van der Waals surface area contributed by atoms with Crippen LogP contribution in [0.4, 0.5) is 0 Å². The monoisotopic (exact) mass is 208 g/mol. The van der Waals surface area contributed by atoms with Crippen LogP contribution in [0.2, 0.25) is 0 Å². The summed E-state index contributed by atoms with van der Waals surface area (Å²) in [7, 11) is 0. The lowest BCUT2D eigenvalue weighted by Gasteiger charge is -2.07. The number of hydrogen-bond acceptors (Lipinski definition) is 2. The van der Waals surface area contributed by atoms with Crippen molar-refractivity contribution >= 4 is 33.2 Å². The van der Waals surface area contributed by atoms with E-state index in [9.17, 15) is 0 Å². The molecule has 0 spiro atoms. The minimum Gasteiger partial charge on any atom is -0.143 e. The largest absolute Gasteiger partial charge is 0.143 e. The molecule has 0 aliphatic carbocycles. The Morgan fingerprint density at radius 1 is 1.31 bits per heavy atom. The van der Waals surface area contributed by atoms with E-state index in [-0.39, 0.29) is 0 Å². The van der Waals surface area contributed by atoms with Gasteiger partial charge in [-0.25, -0.2) is 0 Å². The van der Waals surface area contributed by atoms with Gasteiger partial charge in [-0.3, -0.25) is 0 Å². The van der Waals surface area contributed by atoms with Gasteiger partial charge < -0.3 is 0 Å². The number of aryl methyl sites for hydroxylation is 2. The maximum Gasteiger partial charge on any atom is 0.0383 e. The highest BCUT2D eigenvalue weighted by atomic mass is 32.2. The summed E-state index contributed by atoms with van der Waals surface area (Å²) in [6, 6.07) is 4.48. The van der Waals surface area contributed by atoms with E-state index in [2.05, 4.69) is 37.6 Å². The van der Waals surface area contributed by atoms with Gasteiger partial charge in [0.2, 0.25) is 0 Å². The Labute approximate surface area is 87.0 Å². The van der Waals surface area contributed by atoms with E-state index in [1.807, 2.05) is 23.1 Å². The van der Waals surface area contributed by atoms with Crippen molar-refractivity contribution < 1.29 is 0 Å². The average Bonchev–Trinajstić information content (AvgIpc) is 2.53. The molecule has 2 heteroatoms. The minimum atomic E-state index is 1.39. The SMILES string of the molecule is CSc1c(C)cc2ccsc2c1C. The Morgan fingerprint density at radius 2 is 2.08 bits per heavy atom. The molecule has 0 bridgehead atoms. The summed E-state index contributed by atoms with van der Waals surface area (Å²) in [6.45, 7) is 4.41. The second-order valence-corrected chi connectivity index (χ2v) is 4.92. The lowest BCUT2D eigenvalue weighted by atomic mass is 10.1. The first-order chi connectivity index (χ1) is 6.24. The van der Waals surface area contributed by atoms with Crippen molar-refractivity contribution in [3.05, 3.63) is 28.6 Å². The van der Waals surface area contributed by atoms with Gasteiger partial charge in [0.1, 0.15) is 0 Å². The topological polar surface area (TPSA) is 0 Å². The Kier molecular flexibility index (Phi) is 2.35. The normalized spacial score (nSPS) is 11.0. The van der Waals surface area contributed by atoms with Gasteiger partial charge in [0.25, 0.3) is 0 Å². The molecule has 0 N–H and O–H groups in total. The molecular weight excluding hydrogens is 196 g/mol. The number of thioether (sulfide) groups is 1. The molecule has 1 aromatic heterocycles. The van der Waals surface area contributed by atoms with Gasteiger partial charge in [0, 0.05) is 9.60 Å². The Morgan fingerprint density at radius 3 is 2.77 bits per heavy atom. The molecule has 0 atom stereocenters. The molecule has 2 rings (SSSR count). The highest BCUT2D eigenvalue weighted by Gasteiger charge is 2.06. The van der Waals surface area contributed by atoms with Crippen molar-refractivity contribution in [3.8, 4) is 0 Å². The van der Waals surface area contributed by atoms with Crippen LogP contribution in [0.25, 0.3) is 10.1 Å². The molecule has 2 aromatic rings. The van der Waals surface area contributed by atoms with Crippen molar-refractivity contribution in [3.63, 3.8) is 0 Å². The molecule has 0 fully saturated rings. The van der Waals surface area contributed by atoms with Crippen molar-refractivity contribution in [2.24, 2.45) is 0 Å². The summed E-state index contributed by atoms with van der Waals surface area (Å²) in [6.07, 6.45) is 2.15. The molecule has 68 valence electrons. The lowest BCUT2D eigenvalue weighted by molar-refractivity contribution is 1.26. The van der Waals surface area contributed by atoms with E-state index in [0.29, 0.717) is 0 Å². The summed E-state index contributed by atoms with van der Waals surface area (Å²) in [5, 5.41) is 3.55. The molecule has 0 saturated heterocycles. The predicted molar refractivity (Wildman–Crippen MR) is 63.1 cm³/mol. The third-order valence-electron chi connectivity index (χ3n) is 2.31. The van der Waals surface area contributed by atoms with Crippen LogP contribution in [-0.2, 0) is 0 Å². The van der Waals surface area contributed by atoms with E-state index in [0.717, 1.165) is 0 Å². The van der Waals surface area contributed by atoms with Gasteiger partial charge in [-0.2, -0.15) is 0 Å². The van der Waals surface area contributed by atoms with Crippen LogP contribution in [0.1, 0.15) is 11.1 Å². The van der Waals surface area contributed by atoms with Crippen LogP contribution < -0.4 is 0 Å². The highest BCUT2D eigenvalue weighted by Crippen LogP contribution is 2.33. The number of fused-ring (bicyclic) bond motifs is 1. The number of hydrogen-bond donors (Lipinski definition) is 0. The first-order valence-electron chi connectivity index (χ1n) is 4.25. The van der Waals surface area contributed by atoms with E-state index in [1.54, 1.807) is 0 Å². The molecule has 0 radical (unpaired) electrons. The zero-order chi connectivity index (χ0) is 9.42. The summed E-state index contributed by atoms with van der Waals surface area (Å²) < 4.78 is 1.44. The van der Waals surface area contributed by atoms with Gasteiger partial charge in [0.05, 0.1) is 0 Å². The molecule has 0 nitrogen and oxygen atoms in total. The van der Waals surface area contributed by atoms with Gasteiger partial charge >= 0.3 is 0 Å². The quantitative estimate of drug-likeness (QED) is 0.632. The third kappa shape index (κ3) is 1.38. The molecule has 13 heavy (non-hydrogen) atoms. The summed E-state index contributed by atoms with van der Waals surface area (Å²) in [4.78, 5) is 1.44. The second kappa shape index (κ2) is 3.35. The zero-order valence-corrected chi connectivity index (χ0v) is 9.68. The highest BCUT2D eigenvalue weighted by molar-refractivity contribution is 7.98. The van der Waals surface area contributed by atoms with Crippen molar-refractivity contribution in [2.45, 2.75) is 18.7 Å². The Hall–Kier alpha value is -0.470. The van der Waals surface area contributed by atoms with Crippen molar-refractivity contribution in [2.75, 3.05) is 6.26 Å². The third-order valence-corrected chi connectivity index (χ3v) is 4.40. The number of rotatable bonds is 1. The minimum absolute atomic E-state index is 1.39. The fraction of sp³-hybridized carbons (Fsp3) is 0.273. The van der Waals surface area contributed by atoms with Crippen LogP contribution in [0, 0.1) is 13.8 Å². The van der Waals surface area contributed by atoms with E-state index in [1.165, 1.54) is 26.1 Å². The van der Waals surface area contributed by atoms with Crippen LogP contribution in [0.3, 0.4) is 0 Å². The maximum atomic E-state index is 2.28. The van der Waals surface area contributed by atoms with Gasteiger partial charge in [-0.15, -0.1) is 23.1 Å². The second-order valence-electron chi connectivity index (χ2n) is 3.19. The van der Waals surface area contributed by atoms with E-state index >= 15 is 0 Å². The first kappa shape index (κ1) is 9.10. The summed E-state index contributed by atoms with van der Waals surface area (Å²) in [5.41, 5.74) is 2.84. The Bertz CT molecular complexity index is 441. The zero-order valence-electron chi connectivity index (χ0n) is 8.05. The molecule has 0 amide bonds.